The Hall–Kier alpha value is -1.54. The van der Waals surface area contributed by atoms with E-state index < -0.39 is 0 Å². The predicted octanol–water partition coefficient (Wildman–Crippen LogP) is 1.52. The van der Waals surface area contributed by atoms with Gasteiger partial charge in [-0.15, -0.1) is 0 Å². The summed E-state index contributed by atoms with van der Waals surface area (Å²) in [6.45, 7) is 6.90. The molecule has 5 nitrogen and oxygen atoms in total. The summed E-state index contributed by atoms with van der Waals surface area (Å²) in [7, 11) is 0. The van der Waals surface area contributed by atoms with Gasteiger partial charge in [-0.2, -0.15) is 5.26 Å². The first-order valence-electron chi connectivity index (χ1n) is 7.41. The fourth-order valence-electron chi connectivity index (χ4n) is 2.88. The number of hydrogen-bond donors (Lipinski definition) is 0. The van der Waals surface area contributed by atoms with E-state index in [1.807, 2.05) is 13.8 Å². The van der Waals surface area contributed by atoms with Crippen LogP contribution in [0.1, 0.15) is 33.1 Å². The van der Waals surface area contributed by atoms with Crippen LogP contribution in [-0.4, -0.2) is 54.1 Å². The molecule has 0 aromatic rings. The molecule has 0 bridgehead atoms. The number of amides is 1. The van der Waals surface area contributed by atoms with Crippen molar-refractivity contribution >= 4 is 5.91 Å². The first kappa shape index (κ1) is 14.9. The Morgan fingerprint density at radius 1 is 1.20 bits per heavy atom. The molecule has 2 atom stereocenters. The second-order valence-corrected chi connectivity index (χ2v) is 5.72. The van der Waals surface area contributed by atoms with E-state index in [9.17, 15) is 10.1 Å². The maximum absolute atomic E-state index is 12.4. The third kappa shape index (κ3) is 3.73. The lowest BCUT2D eigenvalue weighted by atomic mass is 10.1. The zero-order valence-corrected chi connectivity index (χ0v) is 12.3. The average Bonchev–Trinajstić information content (AvgIpc) is 2.44. The molecule has 2 unspecified atom stereocenters. The molecular weight excluding hydrogens is 254 g/mol. The van der Waals surface area contributed by atoms with Gasteiger partial charge in [-0.25, -0.2) is 0 Å². The molecule has 1 amide bonds. The Balaban J connectivity index is 2.04. The van der Waals surface area contributed by atoms with Gasteiger partial charge in [0.25, 0.3) is 5.91 Å². The van der Waals surface area contributed by atoms with Crippen molar-refractivity contribution < 1.29 is 9.53 Å². The molecule has 2 aliphatic rings. The van der Waals surface area contributed by atoms with E-state index in [1.165, 1.54) is 6.42 Å². The number of nitriles is 1. The van der Waals surface area contributed by atoms with Crippen LogP contribution in [0.3, 0.4) is 0 Å². The molecule has 2 fully saturated rings. The number of carbonyl (C=O) groups is 1. The maximum atomic E-state index is 12.4. The molecular formula is C15H23N3O2. The predicted molar refractivity (Wildman–Crippen MR) is 75.7 cm³/mol. The first-order valence-corrected chi connectivity index (χ1v) is 7.41. The van der Waals surface area contributed by atoms with E-state index in [0.29, 0.717) is 13.1 Å². The van der Waals surface area contributed by atoms with Crippen LogP contribution in [-0.2, 0) is 9.53 Å². The van der Waals surface area contributed by atoms with Crippen LogP contribution in [0.4, 0.5) is 0 Å². The van der Waals surface area contributed by atoms with E-state index in [2.05, 4.69) is 11.0 Å². The van der Waals surface area contributed by atoms with Gasteiger partial charge in [-0.3, -0.25) is 4.79 Å². The van der Waals surface area contributed by atoms with Crippen LogP contribution in [0.25, 0.3) is 0 Å². The van der Waals surface area contributed by atoms with Gasteiger partial charge in [0, 0.05) is 32.4 Å². The van der Waals surface area contributed by atoms with E-state index in [0.717, 1.165) is 25.9 Å². The van der Waals surface area contributed by atoms with E-state index in [4.69, 9.17) is 4.74 Å². The van der Waals surface area contributed by atoms with Gasteiger partial charge in [0.1, 0.15) is 11.6 Å². The summed E-state index contributed by atoms with van der Waals surface area (Å²) < 4.78 is 5.62. The second kappa shape index (κ2) is 6.76. The van der Waals surface area contributed by atoms with Crippen LogP contribution in [0.15, 0.2) is 11.8 Å². The summed E-state index contributed by atoms with van der Waals surface area (Å²) in [5.74, 6) is -0.167. The summed E-state index contributed by atoms with van der Waals surface area (Å²) in [4.78, 5) is 16.3. The number of rotatable bonds is 2. The van der Waals surface area contributed by atoms with E-state index in [1.54, 1.807) is 11.1 Å². The third-order valence-corrected chi connectivity index (χ3v) is 3.76. The Kier molecular flexibility index (Phi) is 5.02. The summed E-state index contributed by atoms with van der Waals surface area (Å²) in [5.41, 5.74) is 0.244. The third-order valence-electron chi connectivity index (χ3n) is 3.76. The number of hydrogen-bond acceptors (Lipinski definition) is 4. The monoisotopic (exact) mass is 277 g/mol. The lowest BCUT2D eigenvalue weighted by Gasteiger charge is -2.35. The molecule has 110 valence electrons. The van der Waals surface area contributed by atoms with Crippen LogP contribution in [0.5, 0.6) is 0 Å². The minimum Gasteiger partial charge on any atom is -0.376 e. The quantitative estimate of drug-likeness (QED) is 0.567. The highest BCUT2D eigenvalue weighted by Crippen LogP contribution is 2.15. The van der Waals surface area contributed by atoms with Gasteiger partial charge in [0.2, 0.25) is 0 Å². The first-order chi connectivity index (χ1) is 9.60. The fourth-order valence-corrected chi connectivity index (χ4v) is 2.88. The van der Waals surface area contributed by atoms with Gasteiger partial charge >= 0.3 is 0 Å². The molecule has 2 saturated heterocycles. The van der Waals surface area contributed by atoms with Crippen LogP contribution in [0, 0.1) is 11.3 Å². The number of piperidine rings is 1. The standard InChI is InChI=1S/C15H23N3O2/c1-12-9-18(10-13(2)20-12)15(19)14(8-16)11-17-6-4-3-5-7-17/h11-13H,3-7,9-10H2,1-2H3/b14-11-. The van der Waals surface area contributed by atoms with Crippen molar-refractivity contribution in [2.45, 2.75) is 45.3 Å². The lowest BCUT2D eigenvalue weighted by molar-refractivity contribution is -0.138. The molecule has 0 aromatic heterocycles. The maximum Gasteiger partial charge on any atom is 0.266 e. The molecule has 2 rings (SSSR count). The van der Waals surface area contributed by atoms with E-state index in [-0.39, 0.29) is 23.7 Å². The van der Waals surface area contributed by atoms with Crippen molar-refractivity contribution in [2.24, 2.45) is 0 Å². The minimum absolute atomic E-state index is 0.0256. The Morgan fingerprint density at radius 3 is 2.35 bits per heavy atom. The second-order valence-electron chi connectivity index (χ2n) is 5.72. The fraction of sp³-hybridized carbons (Fsp3) is 0.733. The Morgan fingerprint density at radius 2 is 1.80 bits per heavy atom. The number of morpholine rings is 1. The Labute approximate surface area is 120 Å². The zero-order chi connectivity index (χ0) is 14.5. The molecule has 0 aromatic carbocycles. The molecule has 20 heavy (non-hydrogen) atoms. The van der Waals surface area contributed by atoms with Crippen molar-refractivity contribution in [2.75, 3.05) is 26.2 Å². The van der Waals surface area contributed by atoms with Gasteiger partial charge in [0.05, 0.1) is 12.2 Å². The van der Waals surface area contributed by atoms with Crippen molar-refractivity contribution in [3.8, 4) is 6.07 Å². The molecule has 0 N–H and O–H groups in total. The molecule has 2 aliphatic heterocycles. The summed E-state index contributed by atoms with van der Waals surface area (Å²) in [5, 5.41) is 9.27. The van der Waals surface area contributed by atoms with Crippen LogP contribution in [0.2, 0.25) is 0 Å². The average molecular weight is 277 g/mol. The number of ether oxygens (including phenoxy) is 1. The molecule has 0 aliphatic carbocycles. The van der Waals surface area contributed by atoms with Crippen molar-refractivity contribution in [3.05, 3.63) is 11.8 Å². The molecule has 0 radical (unpaired) electrons. The van der Waals surface area contributed by atoms with Gasteiger partial charge in [-0.05, 0) is 33.1 Å². The SMILES string of the molecule is CC1CN(C(=O)/C(C#N)=C\N2CCCCC2)CC(C)O1. The van der Waals surface area contributed by atoms with Crippen LogP contribution >= 0.6 is 0 Å². The summed E-state index contributed by atoms with van der Waals surface area (Å²) in [6, 6.07) is 2.06. The highest BCUT2D eigenvalue weighted by atomic mass is 16.5. The molecule has 2 heterocycles. The Bertz CT molecular complexity index is 411. The highest BCUT2D eigenvalue weighted by Gasteiger charge is 2.28. The normalized spacial score (nSPS) is 28.1. The van der Waals surface area contributed by atoms with Gasteiger partial charge < -0.3 is 14.5 Å². The van der Waals surface area contributed by atoms with E-state index >= 15 is 0 Å². The minimum atomic E-state index is -0.167. The van der Waals surface area contributed by atoms with Crippen molar-refractivity contribution in [1.29, 1.82) is 5.26 Å². The summed E-state index contributed by atoms with van der Waals surface area (Å²) in [6.07, 6.45) is 5.30. The topological polar surface area (TPSA) is 56.6 Å². The molecule has 5 heteroatoms. The molecule has 0 spiro atoms. The number of likely N-dealkylation sites (tertiary alicyclic amines) is 1. The van der Waals surface area contributed by atoms with Gasteiger partial charge in [-0.1, -0.05) is 0 Å². The number of nitrogens with zero attached hydrogens (tertiary/aromatic N) is 3. The molecule has 0 saturated carbocycles. The van der Waals surface area contributed by atoms with Crippen LogP contribution < -0.4 is 0 Å². The smallest absolute Gasteiger partial charge is 0.266 e. The number of carbonyl (C=O) groups excluding carboxylic acids is 1. The van der Waals surface area contributed by atoms with Gasteiger partial charge in [0.15, 0.2) is 0 Å². The lowest BCUT2D eigenvalue weighted by Crippen LogP contribution is -2.48. The largest absolute Gasteiger partial charge is 0.376 e. The van der Waals surface area contributed by atoms with Crippen molar-refractivity contribution in [1.82, 2.24) is 9.80 Å². The van der Waals surface area contributed by atoms with Crippen molar-refractivity contribution in [3.63, 3.8) is 0 Å². The summed E-state index contributed by atoms with van der Waals surface area (Å²) >= 11 is 0. The zero-order valence-electron chi connectivity index (χ0n) is 12.3. The highest BCUT2D eigenvalue weighted by molar-refractivity contribution is 5.97.